The monoisotopic (exact) mass is 732 g/mol. The van der Waals surface area contributed by atoms with Crippen LogP contribution in [0, 0.1) is 34.5 Å². The third-order valence-corrected chi connectivity index (χ3v) is 16.8. The number of ketones is 3. The number of sulfone groups is 1. The zero-order valence-corrected chi connectivity index (χ0v) is 32.9. The summed E-state index contributed by atoms with van der Waals surface area (Å²) in [5, 5.41) is 2.23. The molecule has 2 amide bonds. The van der Waals surface area contributed by atoms with E-state index in [0.29, 0.717) is 32.4 Å². The number of ether oxygens (including phenoxy) is 1. The standard InChI is InChI=1S/C40H64N2O8S/c1-26(2)51(48,49)39(5,6)40(18-12-10-13-19-40)23-30(43)21-28-25-50-20-14-9-7-8-11-15-27(35(45)36(46)41-29-16-17-29)22-32(44)34-33-31(38(33,3)4)24-42(34)37(28)47/h26-29,31,33-34H,7-25H2,1-6H3,(H,41,46)/t27-,28+,31+,33+,34-/m1/s1. The van der Waals surface area contributed by atoms with Gasteiger partial charge in [-0.1, -0.05) is 58.8 Å². The number of nitrogens with one attached hydrogen (secondary N) is 1. The minimum absolute atomic E-state index is 0.0415. The molecule has 3 aliphatic carbocycles. The van der Waals surface area contributed by atoms with Crippen molar-refractivity contribution in [3.05, 3.63) is 0 Å². The molecule has 11 heteroatoms. The predicted molar refractivity (Wildman–Crippen MR) is 195 cm³/mol. The van der Waals surface area contributed by atoms with Crippen molar-refractivity contribution in [1.29, 1.82) is 0 Å². The van der Waals surface area contributed by atoms with Gasteiger partial charge in [0.05, 0.1) is 28.6 Å². The smallest absolute Gasteiger partial charge is 0.287 e. The number of hydrogen-bond donors (Lipinski definition) is 1. The molecule has 0 aromatic carbocycles. The first-order valence-corrected chi connectivity index (χ1v) is 21.5. The van der Waals surface area contributed by atoms with E-state index in [-0.39, 0.29) is 66.6 Å². The maximum atomic E-state index is 14.6. The molecule has 0 bridgehead atoms. The summed E-state index contributed by atoms with van der Waals surface area (Å²) in [5.74, 6) is -3.17. The molecule has 2 aliphatic heterocycles. The number of carbonyl (C=O) groups excluding carboxylic acids is 5. The summed E-state index contributed by atoms with van der Waals surface area (Å²) in [6, 6.07) is -0.676. The number of rotatable bonds is 10. The van der Waals surface area contributed by atoms with E-state index in [9.17, 15) is 32.4 Å². The Morgan fingerprint density at radius 3 is 2.22 bits per heavy atom. The number of amides is 2. The van der Waals surface area contributed by atoms with E-state index in [4.69, 9.17) is 4.74 Å². The molecule has 5 aliphatic rings. The van der Waals surface area contributed by atoms with E-state index in [2.05, 4.69) is 19.2 Å². The molecule has 5 fully saturated rings. The molecule has 288 valence electrons. The lowest BCUT2D eigenvalue weighted by molar-refractivity contribution is -0.147. The number of carbonyl (C=O) groups is 5. The number of nitrogens with zero attached hydrogens (tertiary/aromatic N) is 1. The molecule has 0 spiro atoms. The van der Waals surface area contributed by atoms with E-state index in [1.807, 2.05) is 0 Å². The average Bonchev–Trinajstić information content (AvgIpc) is 3.92. The zero-order valence-electron chi connectivity index (χ0n) is 32.1. The predicted octanol–water partition coefficient (Wildman–Crippen LogP) is 5.78. The van der Waals surface area contributed by atoms with Crippen molar-refractivity contribution in [2.75, 3.05) is 19.8 Å². The van der Waals surface area contributed by atoms with Gasteiger partial charge >= 0.3 is 0 Å². The second kappa shape index (κ2) is 15.7. The topological polar surface area (TPSA) is 144 Å². The third kappa shape index (κ3) is 8.34. The van der Waals surface area contributed by atoms with Gasteiger partial charge in [-0.3, -0.25) is 24.0 Å². The molecular formula is C40H64N2O8S. The van der Waals surface area contributed by atoms with Gasteiger partial charge in [-0.05, 0) is 88.9 Å². The van der Waals surface area contributed by atoms with E-state index in [0.717, 1.165) is 64.2 Å². The van der Waals surface area contributed by atoms with Gasteiger partial charge in [0.2, 0.25) is 11.7 Å². The van der Waals surface area contributed by atoms with Crippen LogP contribution in [-0.2, 0) is 38.5 Å². The second-order valence-corrected chi connectivity index (χ2v) is 21.1. The van der Waals surface area contributed by atoms with Gasteiger partial charge in [0.15, 0.2) is 15.6 Å². The SMILES string of the molecule is CC(C)S(=O)(=O)C(C)(C)C1(CC(=O)C[C@H]2COCCCCCCC[C@@H](C(=O)C(=O)NC3CC3)CC(=O)[C@@H]3[C@@H]4[C@H](CN3C2=O)C4(C)C)CCCCC1. The normalized spacial score (nSPS) is 30.7. The molecule has 0 aromatic rings. The van der Waals surface area contributed by atoms with Crippen LogP contribution < -0.4 is 5.32 Å². The Balaban J connectivity index is 1.39. The zero-order chi connectivity index (χ0) is 37.4. The molecule has 0 unspecified atom stereocenters. The van der Waals surface area contributed by atoms with Crippen LogP contribution in [0.25, 0.3) is 0 Å². The second-order valence-electron chi connectivity index (χ2n) is 18.1. The van der Waals surface area contributed by atoms with Crippen LogP contribution in [-0.4, -0.2) is 84.3 Å². The fourth-order valence-corrected chi connectivity index (χ4v) is 11.9. The fourth-order valence-electron chi connectivity index (χ4n) is 9.88. The summed E-state index contributed by atoms with van der Waals surface area (Å²) in [6.07, 6.45) is 10.4. The molecule has 51 heavy (non-hydrogen) atoms. The molecule has 0 radical (unpaired) electrons. The van der Waals surface area contributed by atoms with Crippen molar-refractivity contribution in [2.24, 2.45) is 34.5 Å². The van der Waals surface area contributed by atoms with E-state index < -0.39 is 54.8 Å². The van der Waals surface area contributed by atoms with Gasteiger partial charge in [-0.2, -0.15) is 0 Å². The van der Waals surface area contributed by atoms with Crippen molar-refractivity contribution >= 4 is 39.0 Å². The first-order valence-electron chi connectivity index (χ1n) is 20.0. The number of piperidine rings is 1. The summed E-state index contributed by atoms with van der Waals surface area (Å²) in [7, 11) is -3.55. The van der Waals surface area contributed by atoms with Gasteiger partial charge in [-0.15, -0.1) is 0 Å². The van der Waals surface area contributed by atoms with Crippen LogP contribution in [0.1, 0.15) is 144 Å². The largest absolute Gasteiger partial charge is 0.381 e. The minimum atomic E-state index is -3.55. The highest BCUT2D eigenvalue weighted by Gasteiger charge is 2.69. The molecule has 5 atom stereocenters. The number of Topliss-reactive ketones (excluding diaryl/α,β-unsaturated/α-hetero) is 3. The molecule has 2 heterocycles. The molecule has 3 saturated carbocycles. The molecule has 5 rings (SSSR count). The Morgan fingerprint density at radius 1 is 0.941 bits per heavy atom. The Morgan fingerprint density at radius 2 is 1.57 bits per heavy atom. The molecule has 1 N–H and O–H groups in total. The lowest BCUT2D eigenvalue weighted by atomic mass is 9.63. The van der Waals surface area contributed by atoms with Crippen LogP contribution in [0.5, 0.6) is 0 Å². The van der Waals surface area contributed by atoms with Gasteiger partial charge in [-0.25, -0.2) is 8.42 Å². The Hall–Kier alpha value is -2.14. The van der Waals surface area contributed by atoms with Gasteiger partial charge in [0.25, 0.3) is 5.91 Å². The first-order chi connectivity index (χ1) is 23.9. The minimum Gasteiger partial charge on any atom is -0.381 e. The lowest BCUT2D eigenvalue weighted by Crippen LogP contribution is -2.54. The Labute approximate surface area is 306 Å². The van der Waals surface area contributed by atoms with Crippen LogP contribution in [0.3, 0.4) is 0 Å². The van der Waals surface area contributed by atoms with Crippen molar-refractivity contribution in [1.82, 2.24) is 10.2 Å². The highest BCUT2D eigenvalue weighted by atomic mass is 32.2. The van der Waals surface area contributed by atoms with Crippen LogP contribution in [0.2, 0.25) is 0 Å². The summed E-state index contributed by atoms with van der Waals surface area (Å²) >= 11 is 0. The van der Waals surface area contributed by atoms with Crippen LogP contribution >= 0.6 is 0 Å². The lowest BCUT2D eigenvalue weighted by Gasteiger charge is -2.49. The van der Waals surface area contributed by atoms with E-state index >= 15 is 0 Å². The third-order valence-electron chi connectivity index (χ3n) is 13.7. The first kappa shape index (κ1) is 40.1. The van der Waals surface area contributed by atoms with Gasteiger partial charge in [0, 0.05) is 44.4 Å². The number of hydrogen-bond acceptors (Lipinski definition) is 8. The molecular weight excluding hydrogens is 669 g/mol. The summed E-state index contributed by atoms with van der Waals surface area (Å²) < 4.78 is 32.4. The quantitative estimate of drug-likeness (QED) is 0.279. The summed E-state index contributed by atoms with van der Waals surface area (Å²) in [6.45, 7) is 12.1. The maximum Gasteiger partial charge on any atom is 0.287 e. The van der Waals surface area contributed by atoms with Crippen LogP contribution in [0.15, 0.2) is 0 Å². The van der Waals surface area contributed by atoms with E-state index in [1.165, 1.54) is 0 Å². The molecule has 10 nitrogen and oxygen atoms in total. The Bertz CT molecular complexity index is 1440. The highest BCUT2D eigenvalue weighted by molar-refractivity contribution is 7.93. The van der Waals surface area contributed by atoms with Crippen molar-refractivity contribution in [3.8, 4) is 0 Å². The number of fused-ring (bicyclic) bond motifs is 3. The van der Waals surface area contributed by atoms with Crippen molar-refractivity contribution in [3.63, 3.8) is 0 Å². The summed E-state index contributed by atoms with van der Waals surface area (Å²) in [5.41, 5.74) is -0.859. The van der Waals surface area contributed by atoms with E-state index in [1.54, 1.807) is 32.6 Å². The van der Waals surface area contributed by atoms with Gasteiger partial charge in [0.1, 0.15) is 5.78 Å². The van der Waals surface area contributed by atoms with Crippen LogP contribution in [0.4, 0.5) is 0 Å². The molecule has 0 aromatic heterocycles. The highest BCUT2D eigenvalue weighted by Crippen LogP contribution is 2.65. The Kier molecular flexibility index (Phi) is 12.3. The van der Waals surface area contributed by atoms with Crippen molar-refractivity contribution < 1.29 is 37.1 Å². The molecule has 2 saturated heterocycles. The van der Waals surface area contributed by atoms with Gasteiger partial charge < -0.3 is 15.0 Å². The van der Waals surface area contributed by atoms with Crippen molar-refractivity contribution in [2.45, 2.75) is 166 Å². The maximum absolute atomic E-state index is 14.6. The fraction of sp³-hybridized carbons (Fsp3) is 0.875. The average molecular weight is 733 g/mol. The summed E-state index contributed by atoms with van der Waals surface area (Å²) in [4.78, 5) is 71.0.